The summed E-state index contributed by atoms with van der Waals surface area (Å²) in [7, 11) is 1.24. The Morgan fingerprint density at radius 1 is 1.33 bits per heavy atom. The van der Waals surface area contributed by atoms with E-state index in [1.165, 1.54) is 7.11 Å². The van der Waals surface area contributed by atoms with Gasteiger partial charge in [-0.1, -0.05) is 0 Å². The van der Waals surface area contributed by atoms with Gasteiger partial charge in [0.15, 0.2) is 0 Å². The Labute approximate surface area is 124 Å². The van der Waals surface area contributed by atoms with E-state index in [0.29, 0.717) is 13.0 Å². The third-order valence-corrected chi connectivity index (χ3v) is 3.57. The fourth-order valence-electron chi connectivity index (χ4n) is 2.35. The highest BCUT2D eigenvalue weighted by Gasteiger charge is 2.32. The van der Waals surface area contributed by atoms with Gasteiger partial charge in [0.2, 0.25) is 5.91 Å². The number of carbonyl (C=O) groups excluding carboxylic acids is 2. The van der Waals surface area contributed by atoms with Gasteiger partial charge in [0, 0.05) is 19.4 Å². The van der Waals surface area contributed by atoms with Crippen LogP contribution in [0.15, 0.2) is 0 Å². The molecule has 0 spiro atoms. The molecule has 0 saturated heterocycles. The number of carboxylic acid groups (broad SMARTS) is 1. The van der Waals surface area contributed by atoms with E-state index in [1.807, 2.05) is 6.92 Å². The number of amides is 1. The number of esters is 1. The zero-order valence-electron chi connectivity index (χ0n) is 12.5. The number of ether oxygens (including phenoxy) is 2. The van der Waals surface area contributed by atoms with E-state index in [0.717, 1.165) is 12.8 Å². The van der Waals surface area contributed by atoms with Crippen LogP contribution in [0.1, 0.15) is 39.0 Å². The van der Waals surface area contributed by atoms with E-state index in [9.17, 15) is 14.4 Å². The van der Waals surface area contributed by atoms with Gasteiger partial charge in [0.1, 0.15) is 6.04 Å². The lowest BCUT2D eigenvalue weighted by Gasteiger charge is -2.34. The van der Waals surface area contributed by atoms with E-state index >= 15 is 0 Å². The molecule has 0 aromatic rings. The number of methoxy groups -OCH3 is 1. The average molecular weight is 301 g/mol. The molecule has 7 heteroatoms. The van der Waals surface area contributed by atoms with Crippen molar-refractivity contribution < 1.29 is 29.0 Å². The van der Waals surface area contributed by atoms with Crippen molar-refractivity contribution in [2.75, 3.05) is 13.7 Å². The third kappa shape index (κ3) is 6.12. The van der Waals surface area contributed by atoms with E-state index in [1.54, 1.807) is 0 Å². The summed E-state index contributed by atoms with van der Waals surface area (Å²) in [6.07, 6.45) is 2.18. The standard InChI is InChI=1S/C14H23NO6/c1-3-21-10-6-9(7-10)8-12(16)15-11(14(18)19)4-5-13(17)20-2/h9-11H,3-8H2,1-2H3,(H,15,16)(H,18,19). The predicted octanol–water partition coefficient (Wildman–Crippen LogP) is 0.714. The average Bonchev–Trinajstić information content (AvgIpc) is 2.40. The maximum absolute atomic E-state index is 11.8. The second kappa shape index (κ2) is 8.61. The lowest BCUT2D eigenvalue weighted by atomic mass is 9.80. The number of hydrogen-bond acceptors (Lipinski definition) is 5. The van der Waals surface area contributed by atoms with Crippen LogP contribution in [0.25, 0.3) is 0 Å². The highest BCUT2D eigenvalue weighted by atomic mass is 16.5. The molecular formula is C14H23NO6. The van der Waals surface area contributed by atoms with Gasteiger partial charge in [0.05, 0.1) is 13.2 Å². The molecule has 0 aromatic carbocycles. The second-order valence-corrected chi connectivity index (χ2v) is 5.19. The summed E-state index contributed by atoms with van der Waals surface area (Å²) in [5.41, 5.74) is 0. The SMILES string of the molecule is CCOC1CC(CC(=O)NC(CCC(=O)OC)C(=O)O)C1. The number of carboxylic acids is 1. The number of rotatable bonds is 9. The van der Waals surface area contributed by atoms with Crippen LogP contribution in [0.5, 0.6) is 0 Å². The molecule has 1 aliphatic carbocycles. The minimum atomic E-state index is -1.15. The molecule has 1 unspecified atom stereocenters. The normalized spacial score (nSPS) is 22.0. The van der Waals surface area contributed by atoms with Crippen molar-refractivity contribution in [3.63, 3.8) is 0 Å². The molecule has 1 aliphatic rings. The van der Waals surface area contributed by atoms with Gasteiger partial charge in [-0.3, -0.25) is 9.59 Å². The molecule has 1 atom stereocenters. The number of aliphatic carboxylic acids is 1. The van der Waals surface area contributed by atoms with Crippen molar-refractivity contribution in [2.24, 2.45) is 5.92 Å². The first-order chi connectivity index (χ1) is 9.96. The molecule has 2 N–H and O–H groups in total. The first kappa shape index (κ1) is 17.4. The maximum Gasteiger partial charge on any atom is 0.326 e. The summed E-state index contributed by atoms with van der Waals surface area (Å²) in [4.78, 5) is 33.9. The van der Waals surface area contributed by atoms with E-state index in [4.69, 9.17) is 9.84 Å². The Kier molecular flexibility index (Phi) is 7.14. The Bertz CT molecular complexity index is 378. The lowest BCUT2D eigenvalue weighted by molar-refractivity contribution is -0.144. The van der Waals surface area contributed by atoms with Gasteiger partial charge in [-0.05, 0) is 32.1 Å². The molecule has 7 nitrogen and oxygen atoms in total. The molecule has 1 rings (SSSR count). The number of carbonyl (C=O) groups is 3. The predicted molar refractivity (Wildman–Crippen MR) is 73.6 cm³/mol. The Hall–Kier alpha value is -1.63. The largest absolute Gasteiger partial charge is 0.480 e. The van der Waals surface area contributed by atoms with Gasteiger partial charge < -0.3 is 19.9 Å². The minimum Gasteiger partial charge on any atom is -0.480 e. The molecule has 120 valence electrons. The summed E-state index contributed by atoms with van der Waals surface area (Å²) in [5, 5.41) is 11.5. The van der Waals surface area contributed by atoms with Crippen LogP contribution in [0, 0.1) is 5.92 Å². The smallest absolute Gasteiger partial charge is 0.326 e. The highest BCUT2D eigenvalue weighted by molar-refractivity contribution is 5.84. The van der Waals surface area contributed by atoms with Crippen molar-refractivity contribution >= 4 is 17.8 Å². The summed E-state index contributed by atoms with van der Waals surface area (Å²) in [5.74, 6) is -1.69. The minimum absolute atomic E-state index is 0.0278. The zero-order valence-corrected chi connectivity index (χ0v) is 12.5. The topological polar surface area (TPSA) is 102 Å². The van der Waals surface area contributed by atoms with Crippen molar-refractivity contribution in [3.05, 3.63) is 0 Å². The van der Waals surface area contributed by atoms with Crippen LogP contribution in [-0.2, 0) is 23.9 Å². The molecule has 0 radical (unpaired) electrons. The van der Waals surface area contributed by atoms with Crippen LogP contribution in [0.2, 0.25) is 0 Å². The molecule has 1 amide bonds. The van der Waals surface area contributed by atoms with Gasteiger partial charge in [-0.25, -0.2) is 4.79 Å². The van der Waals surface area contributed by atoms with Gasteiger partial charge in [-0.2, -0.15) is 0 Å². The molecule has 21 heavy (non-hydrogen) atoms. The highest BCUT2D eigenvalue weighted by Crippen LogP contribution is 2.32. The molecular weight excluding hydrogens is 278 g/mol. The molecule has 0 heterocycles. The van der Waals surface area contributed by atoms with Crippen LogP contribution in [0.3, 0.4) is 0 Å². The van der Waals surface area contributed by atoms with Crippen molar-refractivity contribution in [1.82, 2.24) is 5.32 Å². The van der Waals surface area contributed by atoms with Crippen molar-refractivity contribution in [3.8, 4) is 0 Å². The van der Waals surface area contributed by atoms with E-state index < -0.39 is 18.0 Å². The monoisotopic (exact) mass is 301 g/mol. The van der Waals surface area contributed by atoms with Crippen LogP contribution >= 0.6 is 0 Å². The fourth-order valence-corrected chi connectivity index (χ4v) is 2.35. The molecule has 1 saturated carbocycles. The lowest BCUT2D eigenvalue weighted by Crippen LogP contribution is -2.43. The summed E-state index contributed by atoms with van der Waals surface area (Å²) in [6, 6.07) is -1.06. The first-order valence-electron chi connectivity index (χ1n) is 7.16. The van der Waals surface area contributed by atoms with Gasteiger partial charge in [0.25, 0.3) is 0 Å². The Morgan fingerprint density at radius 3 is 2.52 bits per heavy atom. The number of hydrogen-bond donors (Lipinski definition) is 2. The second-order valence-electron chi connectivity index (χ2n) is 5.19. The Balaban J connectivity index is 2.29. The molecule has 1 fully saturated rings. The summed E-state index contributed by atoms with van der Waals surface area (Å²) >= 11 is 0. The zero-order chi connectivity index (χ0) is 15.8. The van der Waals surface area contributed by atoms with Gasteiger partial charge in [-0.15, -0.1) is 0 Å². The van der Waals surface area contributed by atoms with E-state index in [2.05, 4.69) is 10.1 Å². The molecule has 0 aromatic heterocycles. The van der Waals surface area contributed by atoms with E-state index in [-0.39, 0.29) is 30.8 Å². The Morgan fingerprint density at radius 2 is 2.00 bits per heavy atom. The summed E-state index contributed by atoms with van der Waals surface area (Å²) in [6.45, 7) is 2.59. The third-order valence-electron chi connectivity index (χ3n) is 3.57. The van der Waals surface area contributed by atoms with Crippen LogP contribution in [0.4, 0.5) is 0 Å². The van der Waals surface area contributed by atoms with Crippen LogP contribution < -0.4 is 5.32 Å². The van der Waals surface area contributed by atoms with Crippen molar-refractivity contribution in [1.29, 1.82) is 0 Å². The first-order valence-corrected chi connectivity index (χ1v) is 7.16. The summed E-state index contributed by atoms with van der Waals surface area (Å²) < 4.78 is 9.86. The molecule has 0 bridgehead atoms. The fraction of sp³-hybridized carbons (Fsp3) is 0.786. The molecule has 0 aliphatic heterocycles. The quantitative estimate of drug-likeness (QED) is 0.608. The van der Waals surface area contributed by atoms with Crippen molar-refractivity contribution in [2.45, 2.75) is 51.2 Å². The number of nitrogens with one attached hydrogen (secondary N) is 1. The van der Waals surface area contributed by atoms with Gasteiger partial charge >= 0.3 is 11.9 Å². The van der Waals surface area contributed by atoms with Crippen LogP contribution in [-0.4, -0.2) is 48.8 Å². The maximum atomic E-state index is 11.8.